The van der Waals surface area contributed by atoms with Gasteiger partial charge >= 0.3 is 0 Å². The zero-order valence-corrected chi connectivity index (χ0v) is 7.02. The number of nitrogens with two attached hydrogens (primary N) is 1. The standard InChI is InChI=1S/C8H7N5/c1-13-3-5(2-9)6-7(10)11-4-12-8(6)13/h3-4H,1H3,(H2,10,11,12). The molecule has 64 valence electrons. The molecule has 0 radical (unpaired) electrons. The maximum absolute atomic E-state index is 8.80. The van der Waals surface area contributed by atoms with Gasteiger partial charge in [-0.15, -0.1) is 0 Å². The van der Waals surface area contributed by atoms with Crippen LogP contribution in [-0.4, -0.2) is 14.5 Å². The van der Waals surface area contributed by atoms with Crippen molar-refractivity contribution >= 4 is 16.9 Å². The summed E-state index contributed by atoms with van der Waals surface area (Å²) in [5.41, 5.74) is 6.82. The van der Waals surface area contributed by atoms with Crippen LogP contribution in [0, 0.1) is 11.3 Å². The van der Waals surface area contributed by atoms with Crippen molar-refractivity contribution in [2.24, 2.45) is 7.05 Å². The Morgan fingerprint density at radius 1 is 1.54 bits per heavy atom. The SMILES string of the molecule is Cn1cc(C#N)c2c(N)ncnc21. The molecule has 0 aliphatic carbocycles. The number of fused-ring (bicyclic) bond motifs is 1. The highest BCUT2D eigenvalue weighted by molar-refractivity contribution is 5.91. The van der Waals surface area contributed by atoms with E-state index >= 15 is 0 Å². The Morgan fingerprint density at radius 2 is 2.31 bits per heavy atom. The van der Waals surface area contributed by atoms with E-state index < -0.39 is 0 Å². The van der Waals surface area contributed by atoms with E-state index in [2.05, 4.69) is 16.0 Å². The highest BCUT2D eigenvalue weighted by atomic mass is 15.0. The molecule has 2 rings (SSSR count). The average molecular weight is 173 g/mol. The first-order chi connectivity index (χ1) is 6.24. The molecule has 2 N–H and O–H groups in total. The highest BCUT2D eigenvalue weighted by Gasteiger charge is 2.10. The Labute approximate surface area is 74.4 Å². The van der Waals surface area contributed by atoms with Gasteiger partial charge < -0.3 is 10.3 Å². The van der Waals surface area contributed by atoms with Crippen LogP contribution in [0.4, 0.5) is 5.82 Å². The molecule has 0 fully saturated rings. The van der Waals surface area contributed by atoms with E-state index in [4.69, 9.17) is 11.0 Å². The van der Waals surface area contributed by atoms with E-state index in [0.717, 1.165) is 0 Å². The summed E-state index contributed by atoms with van der Waals surface area (Å²) in [5, 5.41) is 9.43. The second-order valence-electron chi connectivity index (χ2n) is 2.72. The molecule has 0 aliphatic heterocycles. The highest BCUT2D eigenvalue weighted by Crippen LogP contribution is 2.21. The lowest BCUT2D eigenvalue weighted by Crippen LogP contribution is -1.94. The Kier molecular flexibility index (Phi) is 1.43. The minimum atomic E-state index is 0.349. The topological polar surface area (TPSA) is 80.5 Å². The van der Waals surface area contributed by atoms with Gasteiger partial charge in [-0.3, -0.25) is 0 Å². The van der Waals surface area contributed by atoms with Gasteiger partial charge in [-0.05, 0) is 0 Å². The van der Waals surface area contributed by atoms with Crippen LogP contribution in [0.15, 0.2) is 12.5 Å². The molecule has 0 unspecified atom stereocenters. The fraction of sp³-hybridized carbons (Fsp3) is 0.125. The second-order valence-corrected chi connectivity index (χ2v) is 2.72. The largest absolute Gasteiger partial charge is 0.383 e. The van der Waals surface area contributed by atoms with Gasteiger partial charge in [0.1, 0.15) is 23.9 Å². The van der Waals surface area contributed by atoms with E-state index in [-0.39, 0.29) is 0 Å². The Bertz CT molecular complexity index is 505. The van der Waals surface area contributed by atoms with Gasteiger partial charge in [0.2, 0.25) is 0 Å². The lowest BCUT2D eigenvalue weighted by atomic mass is 10.2. The summed E-state index contributed by atoms with van der Waals surface area (Å²) < 4.78 is 1.76. The number of nitrogen functional groups attached to an aromatic ring is 1. The van der Waals surface area contributed by atoms with E-state index in [9.17, 15) is 0 Å². The maximum atomic E-state index is 8.80. The third-order valence-corrected chi connectivity index (χ3v) is 1.90. The van der Waals surface area contributed by atoms with Crippen molar-refractivity contribution in [3.63, 3.8) is 0 Å². The molecule has 0 saturated carbocycles. The molecule has 0 atom stereocenters. The van der Waals surface area contributed by atoms with E-state index in [0.29, 0.717) is 22.4 Å². The fourth-order valence-electron chi connectivity index (χ4n) is 1.32. The maximum Gasteiger partial charge on any atom is 0.146 e. The summed E-state index contributed by atoms with van der Waals surface area (Å²) in [6, 6.07) is 2.05. The molecular formula is C8H7N5. The van der Waals surface area contributed by atoms with Gasteiger partial charge in [0, 0.05) is 13.2 Å². The minimum absolute atomic E-state index is 0.349. The van der Waals surface area contributed by atoms with Gasteiger partial charge in [0.15, 0.2) is 0 Å². The molecule has 0 aromatic carbocycles. The minimum Gasteiger partial charge on any atom is -0.383 e. The second kappa shape index (κ2) is 2.45. The number of aromatic nitrogens is 3. The summed E-state index contributed by atoms with van der Waals surface area (Å²) in [6.07, 6.45) is 3.08. The molecule has 0 bridgehead atoms. The predicted molar refractivity (Wildman–Crippen MR) is 47.6 cm³/mol. The van der Waals surface area contributed by atoms with Gasteiger partial charge in [-0.25, -0.2) is 9.97 Å². The van der Waals surface area contributed by atoms with Gasteiger partial charge in [0.05, 0.1) is 10.9 Å². The van der Waals surface area contributed by atoms with Crippen LogP contribution in [-0.2, 0) is 7.05 Å². The van der Waals surface area contributed by atoms with Crippen LogP contribution in [0.5, 0.6) is 0 Å². The summed E-state index contributed by atoms with van der Waals surface area (Å²) in [6.45, 7) is 0. The van der Waals surface area contributed by atoms with E-state index in [1.54, 1.807) is 10.8 Å². The van der Waals surface area contributed by atoms with Crippen LogP contribution in [0.1, 0.15) is 5.56 Å². The first-order valence-corrected chi connectivity index (χ1v) is 3.69. The first kappa shape index (κ1) is 7.55. The molecule has 0 aliphatic rings. The molecule has 5 heteroatoms. The lowest BCUT2D eigenvalue weighted by Gasteiger charge is -1.95. The molecule has 13 heavy (non-hydrogen) atoms. The number of anilines is 1. The molecular weight excluding hydrogens is 166 g/mol. The van der Waals surface area contributed by atoms with Gasteiger partial charge in [-0.2, -0.15) is 5.26 Å². The van der Waals surface area contributed by atoms with Crippen LogP contribution in [0.3, 0.4) is 0 Å². The average Bonchev–Trinajstić information content (AvgIpc) is 2.45. The first-order valence-electron chi connectivity index (χ1n) is 3.69. The Morgan fingerprint density at radius 3 is 3.00 bits per heavy atom. The summed E-state index contributed by atoms with van der Waals surface area (Å²) in [4.78, 5) is 7.86. The van der Waals surface area contributed by atoms with Crippen molar-refractivity contribution in [1.82, 2.24) is 14.5 Å². The zero-order chi connectivity index (χ0) is 9.42. The number of nitrogens with zero attached hydrogens (tertiary/aromatic N) is 4. The van der Waals surface area contributed by atoms with E-state index in [1.807, 2.05) is 7.05 Å². The smallest absolute Gasteiger partial charge is 0.146 e. The predicted octanol–water partition coefficient (Wildman–Crippen LogP) is 0.422. The number of aryl methyl sites for hydroxylation is 1. The van der Waals surface area contributed by atoms with Crippen molar-refractivity contribution in [1.29, 1.82) is 5.26 Å². The summed E-state index contributed by atoms with van der Waals surface area (Å²) >= 11 is 0. The molecule has 0 amide bonds. The number of nitriles is 1. The lowest BCUT2D eigenvalue weighted by molar-refractivity contribution is 0.942. The number of hydrogen-bond acceptors (Lipinski definition) is 4. The molecule has 0 spiro atoms. The monoisotopic (exact) mass is 173 g/mol. The molecule has 0 saturated heterocycles. The van der Waals surface area contributed by atoms with Crippen LogP contribution in [0.2, 0.25) is 0 Å². The number of hydrogen-bond donors (Lipinski definition) is 1. The van der Waals surface area contributed by atoms with Crippen molar-refractivity contribution in [3.05, 3.63) is 18.1 Å². The van der Waals surface area contributed by atoms with Gasteiger partial charge in [0.25, 0.3) is 0 Å². The third kappa shape index (κ3) is 0.924. The van der Waals surface area contributed by atoms with Gasteiger partial charge in [-0.1, -0.05) is 0 Å². The van der Waals surface area contributed by atoms with Crippen LogP contribution >= 0.6 is 0 Å². The van der Waals surface area contributed by atoms with Crippen molar-refractivity contribution in [3.8, 4) is 6.07 Å². The third-order valence-electron chi connectivity index (χ3n) is 1.90. The molecule has 2 heterocycles. The Balaban J connectivity index is 2.99. The normalized spacial score (nSPS) is 10.2. The quantitative estimate of drug-likeness (QED) is 0.626. The van der Waals surface area contributed by atoms with Crippen LogP contribution < -0.4 is 5.73 Å². The number of rotatable bonds is 0. The molecule has 2 aromatic rings. The van der Waals surface area contributed by atoms with Crippen molar-refractivity contribution in [2.75, 3.05) is 5.73 Å². The van der Waals surface area contributed by atoms with E-state index in [1.165, 1.54) is 6.33 Å². The van der Waals surface area contributed by atoms with Crippen molar-refractivity contribution < 1.29 is 0 Å². The van der Waals surface area contributed by atoms with Crippen molar-refractivity contribution in [2.45, 2.75) is 0 Å². The van der Waals surface area contributed by atoms with Crippen LogP contribution in [0.25, 0.3) is 11.0 Å². The molecule has 5 nitrogen and oxygen atoms in total. The fourth-order valence-corrected chi connectivity index (χ4v) is 1.32. The molecule has 2 aromatic heterocycles. The Hall–Kier alpha value is -2.09. The zero-order valence-electron chi connectivity index (χ0n) is 7.02. The summed E-state index contributed by atoms with van der Waals surface area (Å²) in [7, 11) is 1.82. The summed E-state index contributed by atoms with van der Waals surface area (Å²) in [5.74, 6) is 0.349.